The van der Waals surface area contributed by atoms with Crippen LogP contribution in [0.1, 0.15) is 48.1 Å². The number of phenolic OH excluding ortho intramolecular Hbond substituents is 1. The van der Waals surface area contributed by atoms with Crippen molar-refractivity contribution in [1.29, 1.82) is 0 Å². The number of nitrogens with zero attached hydrogens (tertiary/aromatic N) is 3. The van der Waals surface area contributed by atoms with Crippen molar-refractivity contribution in [2.75, 3.05) is 6.61 Å². The number of hydrogen-bond acceptors (Lipinski definition) is 7. The molecule has 1 aliphatic heterocycles. The number of fused-ring (bicyclic) bond motifs is 1. The minimum absolute atomic E-state index is 0.0821. The van der Waals surface area contributed by atoms with Crippen molar-refractivity contribution in [2.45, 2.75) is 26.3 Å². The summed E-state index contributed by atoms with van der Waals surface area (Å²) in [6, 6.07) is 6.44. The van der Waals surface area contributed by atoms with Crippen LogP contribution in [-0.2, 0) is 4.74 Å². The average molecular weight is 368 g/mol. The molecule has 0 amide bonds. The molecule has 1 aliphatic rings. The molecular weight excluding hydrogens is 348 g/mol. The number of carbonyl (C=O) groups excluding carboxylic acids is 1. The molecule has 2 aromatic rings. The first-order valence-corrected chi connectivity index (χ1v) is 8.58. The van der Waals surface area contributed by atoms with Crippen LogP contribution < -0.4 is 11.0 Å². The Hall–Kier alpha value is -3.42. The van der Waals surface area contributed by atoms with E-state index >= 15 is 0 Å². The summed E-state index contributed by atoms with van der Waals surface area (Å²) in [7, 11) is 0. The maximum atomic E-state index is 12.7. The average Bonchev–Trinajstić information content (AvgIpc) is 2.65. The van der Waals surface area contributed by atoms with Gasteiger partial charge in [0.2, 0.25) is 0 Å². The number of nitrogens with one attached hydrogen (secondary N) is 1. The van der Waals surface area contributed by atoms with E-state index in [1.54, 1.807) is 37.4 Å². The number of aromatic nitrogens is 2. The Kier molecular flexibility index (Phi) is 5.35. The van der Waals surface area contributed by atoms with Crippen molar-refractivity contribution >= 4 is 17.9 Å². The minimum atomic E-state index is -0.674. The zero-order valence-corrected chi connectivity index (χ0v) is 15.0. The second-order valence-electron chi connectivity index (χ2n) is 6.06. The van der Waals surface area contributed by atoms with E-state index in [1.807, 2.05) is 13.0 Å². The quantitative estimate of drug-likeness (QED) is 0.475. The monoisotopic (exact) mass is 368 g/mol. The summed E-state index contributed by atoms with van der Waals surface area (Å²) in [6.45, 7) is 3.75. The van der Waals surface area contributed by atoms with Gasteiger partial charge < -0.3 is 9.84 Å². The number of hydrogen-bond donors (Lipinski definition) is 2. The molecule has 1 unspecified atom stereocenters. The summed E-state index contributed by atoms with van der Waals surface area (Å²) >= 11 is 0. The predicted molar refractivity (Wildman–Crippen MR) is 101 cm³/mol. The maximum absolute atomic E-state index is 12.7. The fourth-order valence-electron chi connectivity index (χ4n) is 2.74. The summed E-state index contributed by atoms with van der Waals surface area (Å²) < 4.78 is 6.40. The van der Waals surface area contributed by atoms with E-state index in [2.05, 4.69) is 15.5 Å². The number of hydrazone groups is 1. The number of rotatable bonds is 5. The molecule has 8 heteroatoms. The number of benzene rings is 1. The van der Waals surface area contributed by atoms with Crippen LogP contribution in [0.25, 0.3) is 5.70 Å². The second kappa shape index (κ2) is 7.86. The van der Waals surface area contributed by atoms with Crippen LogP contribution in [-0.4, -0.2) is 33.4 Å². The van der Waals surface area contributed by atoms with Gasteiger partial charge in [0.25, 0.3) is 5.56 Å². The fraction of sp³-hybridized carbons (Fsp3) is 0.263. The molecule has 0 bridgehead atoms. The SMILES string of the molecule is CCOC(=O)c1cnc2n(c1=O)C(C)CC=C2N/N=C/c1ccc(O)cc1. The zero-order chi connectivity index (χ0) is 19.4. The Balaban J connectivity index is 1.86. The Morgan fingerprint density at radius 2 is 2.19 bits per heavy atom. The third-order valence-corrected chi connectivity index (χ3v) is 4.13. The first-order chi connectivity index (χ1) is 13.0. The van der Waals surface area contributed by atoms with E-state index in [0.717, 1.165) is 5.56 Å². The van der Waals surface area contributed by atoms with Crippen molar-refractivity contribution in [2.24, 2.45) is 5.10 Å². The zero-order valence-electron chi connectivity index (χ0n) is 15.0. The predicted octanol–water partition coefficient (Wildman–Crippen LogP) is 2.05. The molecule has 0 aliphatic carbocycles. The summed E-state index contributed by atoms with van der Waals surface area (Å²) in [5.41, 5.74) is 3.76. The third kappa shape index (κ3) is 3.89. The normalized spacial score (nSPS) is 15.9. The molecule has 27 heavy (non-hydrogen) atoms. The highest BCUT2D eigenvalue weighted by atomic mass is 16.5. The van der Waals surface area contributed by atoms with Crippen molar-refractivity contribution in [3.8, 4) is 5.75 Å². The standard InChI is InChI=1S/C19H20N4O4/c1-3-27-19(26)15-11-20-17-16(9-4-12(2)23(17)18(15)25)22-21-10-13-5-7-14(24)8-6-13/h5-12,22,24H,3-4H2,1-2H3/b21-10+. The first-order valence-electron chi connectivity index (χ1n) is 8.58. The van der Waals surface area contributed by atoms with Crippen LogP contribution >= 0.6 is 0 Å². The molecule has 0 spiro atoms. The summed E-state index contributed by atoms with van der Waals surface area (Å²) in [5, 5.41) is 13.5. The molecule has 3 rings (SSSR count). The van der Waals surface area contributed by atoms with Gasteiger partial charge in [-0.1, -0.05) is 6.08 Å². The molecule has 1 aromatic heterocycles. The van der Waals surface area contributed by atoms with Crippen molar-refractivity contribution in [3.63, 3.8) is 0 Å². The Labute approximate surface area is 155 Å². The van der Waals surface area contributed by atoms with Crippen molar-refractivity contribution < 1.29 is 14.6 Å². The molecule has 0 fully saturated rings. The van der Waals surface area contributed by atoms with Gasteiger partial charge in [0, 0.05) is 12.2 Å². The van der Waals surface area contributed by atoms with Crippen LogP contribution in [0.3, 0.4) is 0 Å². The van der Waals surface area contributed by atoms with E-state index in [1.165, 1.54) is 10.8 Å². The number of ether oxygens (including phenoxy) is 1. The summed E-state index contributed by atoms with van der Waals surface area (Å²) in [4.78, 5) is 28.9. The van der Waals surface area contributed by atoms with Gasteiger partial charge in [-0.15, -0.1) is 0 Å². The second-order valence-corrected chi connectivity index (χ2v) is 6.06. The van der Waals surface area contributed by atoms with E-state index in [0.29, 0.717) is 17.9 Å². The topological polar surface area (TPSA) is 106 Å². The van der Waals surface area contributed by atoms with Gasteiger partial charge >= 0.3 is 5.97 Å². The molecule has 1 atom stereocenters. The Morgan fingerprint density at radius 1 is 1.44 bits per heavy atom. The van der Waals surface area contributed by atoms with Crippen LogP contribution in [0.4, 0.5) is 0 Å². The Morgan fingerprint density at radius 3 is 2.89 bits per heavy atom. The lowest BCUT2D eigenvalue weighted by atomic mass is 10.1. The molecule has 0 saturated heterocycles. The van der Waals surface area contributed by atoms with E-state index in [9.17, 15) is 14.7 Å². The fourth-order valence-corrected chi connectivity index (χ4v) is 2.74. The lowest BCUT2D eigenvalue weighted by molar-refractivity contribution is 0.0522. The van der Waals surface area contributed by atoms with Gasteiger partial charge in [-0.05, 0) is 50.1 Å². The van der Waals surface area contributed by atoms with Gasteiger partial charge in [-0.3, -0.25) is 14.8 Å². The number of carbonyl (C=O) groups is 1. The number of phenols is 1. The molecule has 1 aromatic carbocycles. The molecule has 2 heterocycles. The highest BCUT2D eigenvalue weighted by Crippen LogP contribution is 2.23. The van der Waals surface area contributed by atoms with Crippen LogP contribution in [0.15, 0.2) is 46.4 Å². The van der Waals surface area contributed by atoms with Gasteiger partial charge in [0.15, 0.2) is 5.82 Å². The lowest BCUT2D eigenvalue weighted by Gasteiger charge is -2.24. The highest BCUT2D eigenvalue weighted by molar-refractivity contribution is 5.88. The number of aromatic hydroxyl groups is 1. The van der Waals surface area contributed by atoms with Gasteiger partial charge in [0.05, 0.1) is 18.5 Å². The Bertz CT molecular complexity index is 961. The molecule has 0 saturated carbocycles. The molecule has 2 N–H and O–H groups in total. The summed E-state index contributed by atoms with van der Waals surface area (Å²) in [5.74, 6) is -0.0828. The van der Waals surface area contributed by atoms with E-state index in [4.69, 9.17) is 4.74 Å². The number of allylic oxidation sites excluding steroid dienone is 1. The van der Waals surface area contributed by atoms with E-state index < -0.39 is 11.5 Å². The number of esters is 1. The van der Waals surface area contributed by atoms with E-state index in [-0.39, 0.29) is 24.0 Å². The van der Waals surface area contributed by atoms with Gasteiger partial charge in [0.1, 0.15) is 11.3 Å². The molecule has 8 nitrogen and oxygen atoms in total. The first kappa shape index (κ1) is 18.4. The third-order valence-electron chi connectivity index (χ3n) is 4.13. The van der Waals surface area contributed by atoms with Crippen LogP contribution in [0, 0.1) is 0 Å². The molecule has 0 radical (unpaired) electrons. The maximum Gasteiger partial charge on any atom is 0.345 e. The highest BCUT2D eigenvalue weighted by Gasteiger charge is 2.24. The van der Waals surface area contributed by atoms with Crippen LogP contribution in [0.2, 0.25) is 0 Å². The largest absolute Gasteiger partial charge is 0.508 e. The van der Waals surface area contributed by atoms with Crippen LogP contribution in [0.5, 0.6) is 5.75 Å². The lowest BCUT2D eigenvalue weighted by Crippen LogP contribution is -2.35. The minimum Gasteiger partial charge on any atom is -0.508 e. The molecule has 140 valence electrons. The smallest absolute Gasteiger partial charge is 0.345 e. The summed E-state index contributed by atoms with van der Waals surface area (Å²) in [6.07, 6.45) is 5.33. The van der Waals surface area contributed by atoms with Crippen molar-refractivity contribution in [1.82, 2.24) is 15.0 Å². The van der Waals surface area contributed by atoms with Gasteiger partial charge in [-0.2, -0.15) is 5.10 Å². The molecular formula is C19H20N4O4. The van der Waals surface area contributed by atoms with Crippen molar-refractivity contribution in [3.05, 3.63) is 63.8 Å². The van der Waals surface area contributed by atoms with Gasteiger partial charge in [-0.25, -0.2) is 9.78 Å².